The third-order valence-electron chi connectivity index (χ3n) is 2.80. The van der Waals surface area contributed by atoms with Gasteiger partial charge in [0.1, 0.15) is 17.1 Å². The van der Waals surface area contributed by atoms with Crippen LogP contribution in [0.5, 0.6) is 0 Å². The van der Waals surface area contributed by atoms with E-state index in [1.54, 1.807) is 31.0 Å². The number of pyridine rings is 1. The predicted octanol–water partition coefficient (Wildman–Crippen LogP) is 1.39. The van der Waals surface area contributed by atoms with Gasteiger partial charge in [0, 0.05) is 25.0 Å². The van der Waals surface area contributed by atoms with Gasteiger partial charge in [0.05, 0.1) is 11.9 Å². The lowest BCUT2D eigenvalue weighted by molar-refractivity contribution is -0.112. The second kappa shape index (κ2) is 5.43. The number of primary amides is 1. The largest absolute Gasteiger partial charge is 0.365 e. The summed E-state index contributed by atoms with van der Waals surface area (Å²) in [6.45, 7) is 5.04. The highest BCUT2D eigenvalue weighted by Gasteiger charge is 2.14. The molecule has 0 spiro atoms. The molecule has 0 unspecified atom stereocenters. The van der Waals surface area contributed by atoms with E-state index < -0.39 is 5.91 Å². The molecule has 0 aromatic carbocycles. The van der Waals surface area contributed by atoms with Crippen LogP contribution in [0.1, 0.15) is 6.92 Å². The number of aryl methyl sites for hydroxylation is 1. The number of carbonyl (C=O) groups excluding carboxylic acids is 1. The molecule has 0 aliphatic rings. The highest BCUT2D eigenvalue weighted by atomic mass is 16.1. The van der Waals surface area contributed by atoms with E-state index in [0.717, 1.165) is 5.69 Å². The summed E-state index contributed by atoms with van der Waals surface area (Å²) >= 11 is 0. The van der Waals surface area contributed by atoms with Crippen molar-refractivity contribution in [2.45, 2.75) is 6.92 Å². The first kappa shape index (κ1) is 13.6. The summed E-state index contributed by atoms with van der Waals surface area (Å²) in [5, 5.41) is 4.11. The Bertz CT molecular complexity index is 701. The smallest absolute Gasteiger partial charge is 0.262 e. The monoisotopic (exact) mass is 270 g/mol. The van der Waals surface area contributed by atoms with Gasteiger partial charge < -0.3 is 5.73 Å². The van der Waals surface area contributed by atoms with Crippen LogP contribution in [0.25, 0.3) is 11.3 Å². The van der Waals surface area contributed by atoms with Gasteiger partial charge in [-0.25, -0.2) is 4.99 Å². The van der Waals surface area contributed by atoms with Gasteiger partial charge in [0.25, 0.3) is 5.91 Å². The topological polar surface area (TPSA) is 98.5 Å². The van der Waals surface area contributed by atoms with E-state index in [1.807, 2.05) is 6.07 Å². The average Bonchev–Trinajstić information content (AvgIpc) is 2.85. The van der Waals surface area contributed by atoms with Crippen LogP contribution >= 0.6 is 0 Å². The fraction of sp³-hybridized carbons (Fsp3) is 0.154. The minimum absolute atomic E-state index is 0.185. The first-order valence-corrected chi connectivity index (χ1v) is 5.82. The van der Waals surface area contributed by atoms with Crippen LogP contribution in [0.3, 0.4) is 0 Å². The Morgan fingerprint density at radius 1 is 1.45 bits per heavy atom. The van der Waals surface area contributed by atoms with Crippen molar-refractivity contribution in [3.63, 3.8) is 0 Å². The summed E-state index contributed by atoms with van der Waals surface area (Å²) < 4.78 is 1.68. The van der Waals surface area contributed by atoms with Gasteiger partial charge in [-0.1, -0.05) is 0 Å². The quantitative estimate of drug-likeness (QED) is 0.850. The molecule has 0 bridgehead atoms. The Morgan fingerprint density at radius 2 is 2.20 bits per heavy atom. The molecule has 0 saturated heterocycles. The molecule has 7 nitrogen and oxygen atoms in total. The summed E-state index contributed by atoms with van der Waals surface area (Å²) in [5.74, 6) is -0.590. The van der Waals surface area contributed by atoms with E-state index >= 15 is 0 Å². The number of hydrogen-bond acceptors (Lipinski definition) is 5. The molecular weight excluding hydrogens is 256 g/mol. The number of rotatable bonds is 4. The molecule has 7 heteroatoms. The molecule has 0 aliphatic heterocycles. The number of aromatic nitrogens is 3. The minimum Gasteiger partial charge on any atom is -0.365 e. The minimum atomic E-state index is -0.590. The van der Waals surface area contributed by atoms with Gasteiger partial charge in [-0.3, -0.25) is 19.5 Å². The van der Waals surface area contributed by atoms with Crippen molar-refractivity contribution >= 4 is 29.7 Å². The summed E-state index contributed by atoms with van der Waals surface area (Å²) in [6.07, 6.45) is 4.83. The summed E-state index contributed by atoms with van der Waals surface area (Å²) in [6, 6.07) is 1.82. The van der Waals surface area contributed by atoms with Crippen LogP contribution in [0.15, 0.2) is 34.6 Å². The van der Waals surface area contributed by atoms with Crippen LogP contribution in [0.2, 0.25) is 0 Å². The number of carbonyl (C=O) groups is 1. The van der Waals surface area contributed by atoms with Crippen LogP contribution in [-0.2, 0) is 11.8 Å². The second-order valence-corrected chi connectivity index (χ2v) is 4.11. The predicted molar refractivity (Wildman–Crippen MR) is 77.6 cm³/mol. The van der Waals surface area contributed by atoms with Crippen molar-refractivity contribution < 1.29 is 4.79 Å². The summed E-state index contributed by atoms with van der Waals surface area (Å²) in [5.41, 5.74) is 7.89. The highest BCUT2D eigenvalue weighted by Crippen LogP contribution is 2.37. The molecule has 0 saturated carbocycles. The Morgan fingerprint density at radius 3 is 2.75 bits per heavy atom. The van der Waals surface area contributed by atoms with E-state index in [0.29, 0.717) is 16.9 Å². The molecular formula is C13H14N6O. The van der Waals surface area contributed by atoms with Crippen molar-refractivity contribution in [3.8, 4) is 11.3 Å². The third-order valence-corrected chi connectivity index (χ3v) is 2.80. The zero-order valence-corrected chi connectivity index (χ0v) is 11.2. The van der Waals surface area contributed by atoms with Gasteiger partial charge in [-0.2, -0.15) is 5.10 Å². The fourth-order valence-electron chi connectivity index (χ4n) is 1.72. The lowest BCUT2D eigenvalue weighted by atomic mass is 10.1. The van der Waals surface area contributed by atoms with Gasteiger partial charge in [-0.15, -0.1) is 0 Å². The fourth-order valence-corrected chi connectivity index (χ4v) is 1.72. The zero-order valence-electron chi connectivity index (χ0n) is 11.2. The van der Waals surface area contributed by atoms with Crippen molar-refractivity contribution in [3.05, 3.63) is 24.7 Å². The normalized spacial score (nSPS) is 11.4. The van der Waals surface area contributed by atoms with E-state index in [1.165, 1.54) is 6.20 Å². The van der Waals surface area contributed by atoms with Crippen molar-refractivity contribution in [2.75, 3.05) is 0 Å². The molecule has 2 N–H and O–H groups in total. The van der Waals surface area contributed by atoms with Gasteiger partial charge in [0.15, 0.2) is 0 Å². The Balaban J connectivity index is 2.70. The maximum atomic E-state index is 11.2. The molecule has 0 radical (unpaired) electrons. The molecule has 20 heavy (non-hydrogen) atoms. The third kappa shape index (κ3) is 2.46. The molecule has 0 atom stereocenters. The van der Waals surface area contributed by atoms with Gasteiger partial charge in [0.2, 0.25) is 0 Å². The van der Waals surface area contributed by atoms with E-state index in [4.69, 9.17) is 5.73 Å². The molecule has 0 aliphatic carbocycles. The van der Waals surface area contributed by atoms with Gasteiger partial charge in [-0.05, 0) is 19.7 Å². The van der Waals surface area contributed by atoms with Crippen LogP contribution < -0.4 is 5.73 Å². The second-order valence-electron chi connectivity index (χ2n) is 4.11. The lowest BCUT2D eigenvalue weighted by Gasteiger charge is -2.08. The Kier molecular flexibility index (Phi) is 3.69. The SMILES string of the molecule is C=Nc1cncc(-c2ccnn2C)c1/N=C(\C)C(N)=O. The van der Waals surface area contributed by atoms with Crippen LogP contribution in [0.4, 0.5) is 11.4 Å². The number of nitrogens with two attached hydrogens (primary N) is 1. The molecule has 2 rings (SSSR count). The van der Waals surface area contributed by atoms with Crippen molar-refractivity contribution in [2.24, 2.45) is 22.8 Å². The van der Waals surface area contributed by atoms with E-state index in [9.17, 15) is 4.79 Å². The van der Waals surface area contributed by atoms with Crippen molar-refractivity contribution in [1.29, 1.82) is 0 Å². The average molecular weight is 270 g/mol. The maximum absolute atomic E-state index is 11.2. The number of nitrogens with zero attached hydrogens (tertiary/aromatic N) is 5. The molecule has 1 amide bonds. The zero-order chi connectivity index (χ0) is 14.7. The molecule has 102 valence electrons. The molecule has 2 aromatic heterocycles. The molecule has 2 aromatic rings. The van der Waals surface area contributed by atoms with Gasteiger partial charge >= 0.3 is 0 Å². The molecule has 2 heterocycles. The standard InChI is InChI=1S/C13H14N6O/c1-8(13(14)20)18-12-9(6-16-7-10(12)15-2)11-4-5-17-19(11)3/h4-7H,2H2,1,3H3,(H2,14,20)/b18-8+. The maximum Gasteiger partial charge on any atom is 0.262 e. The first-order chi connectivity index (χ1) is 9.54. The number of hydrogen-bond donors (Lipinski definition) is 1. The van der Waals surface area contributed by atoms with Crippen LogP contribution in [-0.4, -0.2) is 33.1 Å². The molecule has 0 fully saturated rings. The Hall–Kier alpha value is -2.83. The lowest BCUT2D eigenvalue weighted by Crippen LogP contribution is -2.19. The van der Waals surface area contributed by atoms with Crippen LogP contribution in [0, 0.1) is 0 Å². The number of amides is 1. The highest BCUT2D eigenvalue weighted by molar-refractivity contribution is 6.38. The summed E-state index contributed by atoms with van der Waals surface area (Å²) in [7, 11) is 1.80. The Labute approximate surface area is 115 Å². The van der Waals surface area contributed by atoms with Crippen molar-refractivity contribution in [1.82, 2.24) is 14.8 Å². The summed E-state index contributed by atoms with van der Waals surface area (Å²) in [4.78, 5) is 23.4. The van der Waals surface area contributed by atoms with E-state index in [2.05, 4.69) is 26.8 Å². The first-order valence-electron chi connectivity index (χ1n) is 5.82. The van der Waals surface area contributed by atoms with E-state index in [-0.39, 0.29) is 5.71 Å². The number of aliphatic imine (C=N–C) groups is 2.